The molecule has 9 aromatic rings. The number of aromatic nitrogens is 2. The van der Waals surface area contributed by atoms with Gasteiger partial charge in [-0.15, -0.1) is 0 Å². The molecular formula is C50H30N2O. The predicted octanol–water partition coefficient (Wildman–Crippen LogP) is 12.2. The van der Waals surface area contributed by atoms with Crippen LogP contribution in [0.1, 0.15) is 27.8 Å². The van der Waals surface area contributed by atoms with Crippen LogP contribution in [0.3, 0.4) is 0 Å². The minimum atomic E-state index is -0.678. The summed E-state index contributed by atoms with van der Waals surface area (Å²) in [4.78, 5) is 10.7. The van der Waals surface area contributed by atoms with Gasteiger partial charge in [0.1, 0.15) is 11.5 Å². The van der Waals surface area contributed by atoms with Crippen molar-refractivity contribution in [3.8, 4) is 56.5 Å². The Morgan fingerprint density at radius 3 is 2.11 bits per heavy atom. The van der Waals surface area contributed by atoms with Crippen molar-refractivity contribution in [2.75, 3.05) is 0 Å². The summed E-state index contributed by atoms with van der Waals surface area (Å²) >= 11 is 0. The molecule has 0 fully saturated rings. The van der Waals surface area contributed by atoms with Crippen LogP contribution in [0.25, 0.3) is 66.6 Å². The van der Waals surface area contributed by atoms with Crippen molar-refractivity contribution in [3.05, 3.63) is 204 Å². The summed E-state index contributed by atoms with van der Waals surface area (Å²) in [6.45, 7) is 2.14. The van der Waals surface area contributed by atoms with Crippen LogP contribution in [0.5, 0.6) is 11.5 Å². The molecule has 3 nitrogen and oxygen atoms in total. The summed E-state index contributed by atoms with van der Waals surface area (Å²) in [5, 5.41) is 4.20. The minimum absolute atomic E-state index is 0.678. The van der Waals surface area contributed by atoms with Gasteiger partial charge >= 0.3 is 0 Å². The van der Waals surface area contributed by atoms with E-state index >= 15 is 0 Å². The van der Waals surface area contributed by atoms with Crippen molar-refractivity contribution < 1.29 is 4.74 Å². The second-order valence-electron chi connectivity index (χ2n) is 13.9. The number of ether oxygens (including phenoxy) is 1. The van der Waals surface area contributed by atoms with Crippen LogP contribution in [-0.4, -0.2) is 9.97 Å². The van der Waals surface area contributed by atoms with E-state index < -0.39 is 5.41 Å². The van der Waals surface area contributed by atoms with Crippen LogP contribution >= 0.6 is 0 Å². The first-order chi connectivity index (χ1) is 26.2. The van der Waals surface area contributed by atoms with E-state index in [0.717, 1.165) is 77.8 Å². The molecule has 1 aliphatic heterocycles. The average molecular weight is 675 g/mol. The van der Waals surface area contributed by atoms with Crippen LogP contribution < -0.4 is 4.74 Å². The van der Waals surface area contributed by atoms with Crippen molar-refractivity contribution in [2.45, 2.75) is 12.3 Å². The molecule has 1 aliphatic carbocycles. The molecular weight excluding hydrogens is 645 g/mol. The van der Waals surface area contributed by atoms with Gasteiger partial charge in [0.2, 0.25) is 0 Å². The molecule has 2 aliphatic rings. The summed E-state index contributed by atoms with van der Waals surface area (Å²) in [6, 6.07) is 64.6. The van der Waals surface area contributed by atoms with Crippen molar-refractivity contribution >= 4 is 21.5 Å². The third-order valence-electron chi connectivity index (χ3n) is 11.2. The fourth-order valence-corrected chi connectivity index (χ4v) is 8.83. The highest BCUT2D eigenvalue weighted by Gasteiger charge is 2.52. The van der Waals surface area contributed by atoms with E-state index in [9.17, 15) is 0 Å². The first-order valence-corrected chi connectivity index (χ1v) is 18.0. The molecule has 0 saturated carbocycles. The smallest absolute Gasteiger partial charge is 0.161 e. The fourth-order valence-electron chi connectivity index (χ4n) is 8.83. The maximum absolute atomic E-state index is 7.10. The summed E-state index contributed by atoms with van der Waals surface area (Å²) in [7, 11) is 0. The number of fused-ring (bicyclic) bond motifs is 13. The van der Waals surface area contributed by atoms with E-state index in [1.165, 1.54) is 22.3 Å². The second kappa shape index (κ2) is 11.2. The minimum Gasteiger partial charge on any atom is -0.455 e. The summed E-state index contributed by atoms with van der Waals surface area (Å²) in [5.74, 6) is 2.39. The Morgan fingerprint density at radius 1 is 0.528 bits per heavy atom. The van der Waals surface area contributed by atoms with Gasteiger partial charge in [0.05, 0.1) is 22.2 Å². The van der Waals surface area contributed by atoms with E-state index in [1.54, 1.807) is 0 Å². The average Bonchev–Trinajstić information content (AvgIpc) is 3.52. The molecule has 8 aromatic carbocycles. The third kappa shape index (κ3) is 4.18. The van der Waals surface area contributed by atoms with Crippen LogP contribution in [0, 0.1) is 19.1 Å². The van der Waals surface area contributed by atoms with Gasteiger partial charge in [-0.1, -0.05) is 158 Å². The number of aryl methyl sites for hydroxylation is 1. The molecule has 0 N–H and O–H groups in total. The lowest BCUT2D eigenvalue weighted by molar-refractivity contribution is 0.447. The Kier molecular flexibility index (Phi) is 6.30. The lowest BCUT2D eigenvalue weighted by Gasteiger charge is -2.40. The van der Waals surface area contributed by atoms with Crippen molar-refractivity contribution in [1.29, 1.82) is 0 Å². The van der Waals surface area contributed by atoms with E-state index in [-0.39, 0.29) is 0 Å². The molecule has 53 heavy (non-hydrogen) atoms. The van der Waals surface area contributed by atoms with Gasteiger partial charge in [-0.25, -0.2) is 9.97 Å². The molecule has 0 bridgehead atoms. The van der Waals surface area contributed by atoms with Crippen LogP contribution in [0.4, 0.5) is 0 Å². The summed E-state index contributed by atoms with van der Waals surface area (Å²) in [6.07, 6.45) is 0. The first kappa shape index (κ1) is 29.7. The molecule has 0 radical (unpaired) electrons. The standard InChI is InChI=1S/C50H30N2O/c1-31-14-5-8-19-35(31)45-30-44(34-17-3-2-4-18-34)51-49(52-45)39-23-13-25-41-46(39)38-22-11-12-24-40(38)50(41)42-28-26-32-15-6-9-20-36(32)47(42)53-48-37-21-10-7-16-33(37)27-29-43(48)50/h2-9,11-20,22-30H,1H3. The lowest BCUT2D eigenvalue weighted by Crippen LogP contribution is -2.32. The zero-order valence-corrected chi connectivity index (χ0v) is 28.9. The van der Waals surface area contributed by atoms with Gasteiger partial charge in [-0.2, -0.15) is 0 Å². The number of nitrogens with zero attached hydrogens (tertiary/aromatic N) is 2. The Balaban J connectivity index is 1.26. The van der Waals surface area contributed by atoms with Crippen molar-refractivity contribution in [2.24, 2.45) is 0 Å². The third-order valence-corrected chi connectivity index (χ3v) is 11.2. The SMILES string of the molecule is Cc1ccccc1-c1cc(-c2ccccc2)nc(-c2cccc3c2-c2ccccc2C32c3ccc4ccc#cc4c3Oc3c2ccc2ccccc32)n1. The summed E-state index contributed by atoms with van der Waals surface area (Å²) in [5.41, 5.74) is 12.3. The Morgan fingerprint density at radius 2 is 1.23 bits per heavy atom. The van der Waals surface area contributed by atoms with Gasteiger partial charge in [0.25, 0.3) is 0 Å². The van der Waals surface area contributed by atoms with Gasteiger partial charge in [0, 0.05) is 33.2 Å². The molecule has 246 valence electrons. The molecule has 3 heteroatoms. The maximum atomic E-state index is 7.10. The van der Waals surface area contributed by atoms with Crippen LogP contribution in [0.15, 0.2) is 164 Å². The Labute approximate surface area is 307 Å². The zero-order chi connectivity index (χ0) is 35.1. The molecule has 1 atom stereocenters. The fraction of sp³-hybridized carbons (Fsp3) is 0.0400. The van der Waals surface area contributed by atoms with Gasteiger partial charge < -0.3 is 4.74 Å². The highest BCUT2D eigenvalue weighted by molar-refractivity contribution is 6.01. The first-order valence-electron chi connectivity index (χ1n) is 18.0. The molecule has 1 spiro atoms. The van der Waals surface area contributed by atoms with Gasteiger partial charge in [-0.05, 0) is 63.7 Å². The second-order valence-corrected chi connectivity index (χ2v) is 13.9. The molecule has 0 amide bonds. The Bertz CT molecular complexity index is 2860. The molecule has 11 rings (SSSR count). The molecule has 0 saturated heterocycles. The summed E-state index contributed by atoms with van der Waals surface area (Å²) < 4.78 is 7.10. The normalized spacial score (nSPS) is 13.2. The van der Waals surface area contributed by atoms with E-state index in [1.807, 2.05) is 12.1 Å². The van der Waals surface area contributed by atoms with E-state index in [4.69, 9.17) is 14.7 Å². The molecule has 1 unspecified atom stereocenters. The van der Waals surface area contributed by atoms with Crippen molar-refractivity contribution in [1.82, 2.24) is 9.97 Å². The zero-order valence-electron chi connectivity index (χ0n) is 28.9. The lowest BCUT2D eigenvalue weighted by atomic mass is 9.65. The van der Waals surface area contributed by atoms with Crippen LogP contribution in [0.2, 0.25) is 0 Å². The van der Waals surface area contributed by atoms with Gasteiger partial charge in [-0.3, -0.25) is 0 Å². The van der Waals surface area contributed by atoms with Crippen molar-refractivity contribution in [3.63, 3.8) is 0 Å². The number of benzene rings is 7. The number of hydrogen-bond donors (Lipinski definition) is 0. The monoisotopic (exact) mass is 674 g/mol. The predicted molar refractivity (Wildman–Crippen MR) is 213 cm³/mol. The van der Waals surface area contributed by atoms with E-state index in [0.29, 0.717) is 5.82 Å². The number of hydrogen-bond acceptors (Lipinski definition) is 3. The molecule has 1 aromatic heterocycles. The Hall–Kier alpha value is -7.02. The highest BCUT2D eigenvalue weighted by Crippen LogP contribution is 2.64. The quantitative estimate of drug-likeness (QED) is 0.187. The largest absolute Gasteiger partial charge is 0.455 e. The topological polar surface area (TPSA) is 35.0 Å². The van der Waals surface area contributed by atoms with Crippen LogP contribution in [-0.2, 0) is 5.41 Å². The highest BCUT2D eigenvalue weighted by atomic mass is 16.5. The van der Waals surface area contributed by atoms with Gasteiger partial charge in [0.15, 0.2) is 5.82 Å². The maximum Gasteiger partial charge on any atom is 0.161 e. The van der Waals surface area contributed by atoms with E-state index in [2.05, 4.69) is 171 Å². The molecule has 2 heterocycles. The number of rotatable bonds is 3.